The number of nitrogens with one attached hydrogen (secondary N) is 2. The molecule has 5 heterocycles. The number of carbonyl (C=O) groups excluding carboxylic acids is 1. The first-order valence-corrected chi connectivity index (χ1v) is 19.1. The number of aliphatic hydroxyl groups is 9. The number of hydrogen-bond donors (Lipinski definition) is 14. The van der Waals surface area contributed by atoms with Crippen molar-refractivity contribution in [1.82, 2.24) is 5.32 Å². The normalized spacial score (nSPS) is 42.0. The second-order valence-electron chi connectivity index (χ2n) is 15.4. The lowest BCUT2D eigenvalue weighted by molar-refractivity contribution is -0.840. The number of carboxylic acid groups (broad SMARTS) is 3. The monoisotopic (exact) mass is 862 g/mol. The summed E-state index contributed by atoms with van der Waals surface area (Å²) in [5.41, 5.74) is 1.10. The van der Waals surface area contributed by atoms with Crippen LogP contribution < -0.4 is 20.1 Å². The van der Waals surface area contributed by atoms with Crippen molar-refractivity contribution in [2.75, 3.05) is 19.8 Å². The Morgan fingerprint density at radius 2 is 1.28 bits per heavy atom. The van der Waals surface area contributed by atoms with Crippen molar-refractivity contribution in [3.63, 3.8) is 0 Å². The number of benzene rings is 1. The van der Waals surface area contributed by atoms with Crippen molar-refractivity contribution >= 4 is 23.6 Å². The zero-order chi connectivity index (χ0) is 43.9. The van der Waals surface area contributed by atoms with E-state index in [0.29, 0.717) is 11.1 Å². The van der Waals surface area contributed by atoms with E-state index < -0.39 is 147 Å². The van der Waals surface area contributed by atoms with Crippen LogP contribution in [0.5, 0.6) is 11.5 Å². The van der Waals surface area contributed by atoms with Gasteiger partial charge in [-0.2, -0.15) is 0 Å². The minimum absolute atomic E-state index is 0.0447. The van der Waals surface area contributed by atoms with Gasteiger partial charge in [-0.3, -0.25) is 19.8 Å². The molecule has 24 heteroatoms. The molecule has 0 aliphatic carbocycles. The number of quaternary nitrogens is 1. The summed E-state index contributed by atoms with van der Waals surface area (Å²) in [7, 11) is 0. The van der Waals surface area contributed by atoms with Crippen molar-refractivity contribution in [3.05, 3.63) is 29.3 Å². The van der Waals surface area contributed by atoms with Gasteiger partial charge in [0, 0.05) is 18.1 Å². The molecule has 60 heavy (non-hydrogen) atoms. The summed E-state index contributed by atoms with van der Waals surface area (Å²) in [5.74, 6) is -4.89. The summed E-state index contributed by atoms with van der Waals surface area (Å²) in [6.45, 7) is -0.480. The SMILES string of the molecule is CC1OC(OC2C(CO)OC(OC3C(CO)OC(Oc4cc5c(cc4O)CC(C(=O)[O-])[NH+]5CC=C4CC(C(=O)O)NC(C(=O)O)C4)C(O)C3O)C(O)C2O)C(O)C(O)C1O. The van der Waals surface area contributed by atoms with Gasteiger partial charge in [0.1, 0.15) is 103 Å². The number of phenols is 1. The van der Waals surface area contributed by atoms with E-state index in [1.54, 1.807) is 6.08 Å². The fraction of sp³-hybridized carbons (Fsp3) is 0.694. The molecule has 1 aromatic carbocycles. The highest BCUT2D eigenvalue weighted by Crippen LogP contribution is 2.38. The van der Waals surface area contributed by atoms with Crippen LogP contribution in [-0.4, -0.2) is 209 Å². The summed E-state index contributed by atoms with van der Waals surface area (Å²) in [5, 5.41) is 140. The molecule has 0 radical (unpaired) electrons. The standard InChI is InChI=1S/C36H50N2O22/c1-11-22(42)23(43)26(46)34(55-11)59-29-21(10-40)58-36(28(48)25(29)45)60-30-20(9-39)57-35(27(47)24(30)44)56-19-8-16-13(7-18(19)41)6-17(33(53)54)38(16)3-2-12-4-14(31(49)50)37-15(5-12)32(51)52/h2,7-8,11,14-15,17,20-30,34-37,39-48H,3-6,9-10H2,1H3,(H,49,50)(H,51,52)(H,53,54). The van der Waals surface area contributed by atoms with Crippen LogP contribution in [0.15, 0.2) is 23.8 Å². The number of piperidine rings is 1. The fourth-order valence-corrected chi connectivity index (χ4v) is 8.10. The summed E-state index contributed by atoms with van der Waals surface area (Å²) >= 11 is 0. The highest BCUT2D eigenvalue weighted by Gasteiger charge is 2.54. The Bertz CT molecular complexity index is 1720. The molecule has 5 aliphatic heterocycles. The van der Waals surface area contributed by atoms with Gasteiger partial charge in [0.25, 0.3) is 0 Å². The zero-order valence-corrected chi connectivity index (χ0v) is 31.8. The molecular weight excluding hydrogens is 812 g/mol. The summed E-state index contributed by atoms with van der Waals surface area (Å²) in [6.07, 6.45) is -24.3. The number of fused-ring (bicyclic) bond motifs is 1. The Kier molecular flexibility index (Phi) is 14.3. The maximum absolute atomic E-state index is 12.2. The van der Waals surface area contributed by atoms with Gasteiger partial charge in [0.15, 0.2) is 24.1 Å². The molecule has 6 rings (SSSR count). The van der Waals surface area contributed by atoms with Gasteiger partial charge in [-0.25, -0.2) is 0 Å². The summed E-state index contributed by atoms with van der Waals surface area (Å²) in [4.78, 5) is 35.8. The number of aromatic hydroxyl groups is 1. The maximum atomic E-state index is 12.2. The van der Waals surface area contributed by atoms with E-state index in [4.69, 9.17) is 28.4 Å². The molecule has 19 unspecified atom stereocenters. The predicted molar refractivity (Wildman–Crippen MR) is 188 cm³/mol. The average molecular weight is 863 g/mol. The fourth-order valence-electron chi connectivity index (χ4n) is 8.10. The minimum atomic E-state index is -2.01. The van der Waals surface area contributed by atoms with E-state index in [2.05, 4.69) is 5.32 Å². The number of phenolic OH excluding ortho intramolecular Hbond substituents is 1. The third kappa shape index (κ3) is 9.24. The Morgan fingerprint density at radius 1 is 0.767 bits per heavy atom. The molecule has 0 bridgehead atoms. The van der Waals surface area contributed by atoms with Crippen LogP contribution in [-0.2, 0) is 44.5 Å². The Hall–Kier alpha value is -3.67. The smallest absolute Gasteiger partial charge is 0.321 e. The Labute approximate surface area is 339 Å². The molecular formula is C36H50N2O22. The third-order valence-corrected chi connectivity index (χ3v) is 11.5. The van der Waals surface area contributed by atoms with Gasteiger partial charge < -0.3 is 99.6 Å². The van der Waals surface area contributed by atoms with Crippen LogP contribution in [0.25, 0.3) is 0 Å². The highest BCUT2D eigenvalue weighted by atomic mass is 16.8. The van der Waals surface area contributed by atoms with Crippen LogP contribution in [0.2, 0.25) is 0 Å². The zero-order valence-electron chi connectivity index (χ0n) is 31.8. The van der Waals surface area contributed by atoms with Gasteiger partial charge >= 0.3 is 11.9 Å². The molecule has 0 amide bonds. The summed E-state index contributed by atoms with van der Waals surface area (Å²) < 4.78 is 33.7. The molecule has 14 N–H and O–H groups in total. The van der Waals surface area contributed by atoms with E-state index in [0.717, 1.165) is 0 Å². The van der Waals surface area contributed by atoms with Crippen molar-refractivity contribution in [3.8, 4) is 11.5 Å². The first kappa shape index (κ1) is 45.8. The van der Waals surface area contributed by atoms with E-state index in [9.17, 15) is 80.8 Å². The van der Waals surface area contributed by atoms with Gasteiger partial charge in [-0.05, 0) is 31.9 Å². The quantitative estimate of drug-likeness (QED) is 0.0647. The molecule has 4 fully saturated rings. The van der Waals surface area contributed by atoms with Crippen LogP contribution in [0.1, 0.15) is 25.3 Å². The van der Waals surface area contributed by atoms with Crippen LogP contribution >= 0.6 is 0 Å². The van der Waals surface area contributed by atoms with Crippen molar-refractivity contribution in [2.24, 2.45) is 0 Å². The molecule has 4 saturated heterocycles. The molecule has 0 aromatic heterocycles. The molecule has 336 valence electrons. The average Bonchev–Trinajstić information content (AvgIpc) is 3.57. The lowest BCUT2D eigenvalue weighted by atomic mass is 9.92. The van der Waals surface area contributed by atoms with Gasteiger partial charge in [-0.1, -0.05) is 5.57 Å². The minimum Gasteiger partial charge on any atom is -0.544 e. The van der Waals surface area contributed by atoms with E-state index in [1.165, 1.54) is 19.1 Å². The van der Waals surface area contributed by atoms with E-state index in [1.807, 2.05) is 0 Å². The largest absolute Gasteiger partial charge is 0.544 e. The lowest BCUT2D eigenvalue weighted by Gasteiger charge is -2.48. The van der Waals surface area contributed by atoms with Gasteiger partial charge in [0.2, 0.25) is 6.29 Å². The third-order valence-electron chi connectivity index (χ3n) is 11.5. The second-order valence-corrected chi connectivity index (χ2v) is 15.4. The van der Waals surface area contributed by atoms with Crippen molar-refractivity contribution < 1.29 is 114 Å². The highest BCUT2D eigenvalue weighted by molar-refractivity contribution is 5.79. The molecule has 5 aliphatic rings. The van der Waals surface area contributed by atoms with E-state index >= 15 is 0 Å². The number of hydrogen-bond acceptors (Lipinski definition) is 21. The van der Waals surface area contributed by atoms with Gasteiger partial charge in [0.05, 0.1) is 19.3 Å². The lowest BCUT2D eigenvalue weighted by Crippen LogP contribution is -3.11. The van der Waals surface area contributed by atoms with Crippen molar-refractivity contribution in [2.45, 2.75) is 136 Å². The molecule has 0 spiro atoms. The predicted octanol–water partition coefficient (Wildman–Crippen LogP) is -8.35. The maximum Gasteiger partial charge on any atom is 0.321 e. The van der Waals surface area contributed by atoms with Crippen molar-refractivity contribution in [1.29, 1.82) is 0 Å². The Morgan fingerprint density at radius 3 is 1.82 bits per heavy atom. The number of carboxylic acids is 3. The number of aliphatic hydroxyl groups excluding tert-OH is 9. The summed E-state index contributed by atoms with van der Waals surface area (Å²) in [6, 6.07) is -1.13. The first-order valence-electron chi connectivity index (χ1n) is 19.1. The topological polar surface area (TPSA) is 389 Å². The number of aliphatic carboxylic acids is 3. The first-order chi connectivity index (χ1) is 28.3. The number of ether oxygens (including phenoxy) is 6. The molecule has 1 aromatic rings. The number of carbonyl (C=O) groups is 3. The Balaban J connectivity index is 1.15. The second kappa shape index (κ2) is 18.7. The molecule has 0 saturated carbocycles. The number of rotatable bonds is 13. The van der Waals surface area contributed by atoms with Crippen LogP contribution in [0.3, 0.4) is 0 Å². The van der Waals surface area contributed by atoms with Crippen LogP contribution in [0, 0.1) is 0 Å². The molecule has 24 nitrogen and oxygen atoms in total. The molecule has 19 atom stereocenters. The van der Waals surface area contributed by atoms with E-state index in [-0.39, 0.29) is 42.1 Å². The van der Waals surface area contributed by atoms with Gasteiger partial charge in [-0.15, -0.1) is 0 Å². The van der Waals surface area contributed by atoms with Crippen LogP contribution in [0.4, 0.5) is 5.69 Å².